The summed E-state index contributed by atoms with van der Waals surface area (Å²) in [5.74, 6) is 0.748. The Morgan fingerprint density at radius 2 is 1.83 bits per heavy atom. The van der Waals surface area contributed by atoms with Crippen molar-refractivity contribution in [2.45, 2.75) is 19.9 Å². The van der Waals surface area contributed by atoms with Gasteiger partial charge in [-0.15, -0.1) is 0 Å². The zero-order chi connectivity index (χ0) is 16.2. The smallest absolute Gasteiger partial charge is 0.172 e. The van der Waals surface area contributed by atoms with Crippen LogP contribution in [-0.4, -0.2) is 10.1 Å². The van der Waals surface area contributed by atoms with Gasteiger partial charge in [0.2, 0.25) is 0 Å². The zero-order valence-electron chi connectivity index (χ0n) is 13.2. The van der Waals surface area contributed by atoms with E-state index in [-0.39, 0.29) is 6.04 Å². The van der Waals surface area contributed by atoms with Crippen molar-refractivity contribution < 1.29 is 0 Å². The van der Waals surface area contributed by atoms with Crippen molar-refractivity contribution in [2.75, 3.05) is 5.32 Å². The first-order chi connectivity index (χ1) is 11.1. The predicted octanol–water partition coefficient (Wildman–Crippen LogP) is 4.59. The van der Waals surface area contributed by atoms with Gasteiger partial charge in [-0.1, -0.05) is 48.5 Å². The van der Waals surface area contributed by atoms with Crippen LogP contribution in [-0.2, 0) is 0 Å². The van der Waals surface area contributed by atoms with Gasteiger partial charge in [0.05, 0.1) is 6.04 Å². The fourth-order valence-electron chi connectivity index (χ4n) is 2.60. The number of benzene rings is 2. The number of hydrogen-bond donors (Lipinski definition) is 2. The molecule has 0 fully saturated rings. The summed E-state index contributed by atoms with van der Waals surface area (Å²) >= 11 is 5.41. The molecule has 3 nitrogen and oxygen atoms in total. The second kappa shape index (κ2) is 6.75. The van der Waals surface area contributed by atoms with Gasteiger partial charge in [-0.05, 0) is 54.0 Å². The summed E-state index contributed by atoms with van der Waals surface area (Å²) in [6.45, 7) is 4.12. The summed E-state index contributed by atoms with van der Waals surface area (Å²) in [4.78, 5) is 4.31. The fourth-order valence-corrected chi connectivity index (χ4v) is 2.88. The van der Waals surface area contributed by atoms with Gasteiger partial charge in [0.15, 0.2) is 5.11 Å². The summed E-state index contributed by atoms with van der Waals surface area (Å²) in [6.07, 6.45) is 1.82. The maximum absolute atomic E-state index is 5.41. The van der Waals surface area contributed by atoms with Crippen molar-refractivity contribution >= 4 is 33.9 Å². The number of aromatic nitrogens is 1. The van der Waals surface area contributed by atoms with Crippen LogP contribution in [0, 0.1) is 6.92 Å². The molecule has 1 atom stereocenters. The Bertz CT molecular complexity index is 822. The van der Waals surface area contributed by atoms with E-state index in [1.807, 2.05) is 25.3 Å². The lowest BCUT2D eigenvalue weighted by atomic mass is 10.00. The molecule has 4 heteroatoms. The Labute approximate surface area is 141 Å². The zero-order valence-corrected chi connectivity index (χ0v) is 14.0. The first kappa shape index (κ1) is 15.4. The molecule has 0 unspecified atom stereocenters. The predicted molar refractivity (Wildman–Crippen MR) is 101 cm³/mol. The maximum Gasteiger partial charge on any atom is 0.172 e. The number of pyridine rings is 1. The average Bonchev–Trinajstić information content (AvgIpc) is 2.56. The molecule has 116 valence electrons. The van der Waals surface area contributed by atoms with Gasteiger partial charge in [-0.2, -0.15) is 0 Å². The highest BCUT2D eigenvalue weighted by Crippen LogP contribution is 2.24. The van der Waals surface area contributed by atoms with Crippen LogP contribution in [0.4, 0.5) is 5.82 Å². The summed E-state index contributed by atoms with van der Waals surface area (Å²) in [5, 5.41) is 9.51. The molecule has 0 spiro atoms. The minimum atomic E-state index is 0.103. The van der Waals surface area contributed by atoms with Crippen molar-refractivity contribution in [3.8, 4) is 0 Å². The molecular weight excluding hydrogens is 302 g/mol. The average molecular weight is 321 g/mol. The van der Waals surface area contributed by atoms with Gasteiger partial charge >= 0.3 is 0 Å². The molecule has 3 aromatic rings. The van der Waals surface area contributed by atoms with Crippen molar-refractivity contribution in [3.05, 3.63) is 71.9 Å². The lowest BCUT2D eigenvalue weighted by molar-refractivity contribution is 0.728. The lowest BCUT2D eigenvalue weighted by Crippen LogP contribution is -2.31. The highest BCUT2D eigenvalue weighted by atomic mass is 32.1. The van der Waals surface area contributed by atoms with Gasteiger partial charge in [-0.3, -0.25) is 0 Å². The first-order valence-electron chi connectivity index (χ1n) is 7.61. The number of hydrogen-bond acceptors (Lipinski definition) is 2. The molecule has 1 aromatic heterocycles. The quantitative estimate of drug-likeness (QED) is 0.692. The Hall–Kier alpha value is -2.46. The second-order valence-electron chi connectivity index (χ2n) is 5.61. The van der Waals surface area contributed by atoms with Crippen molar-refractivity contribution in [1.29, 1.82) is 0 Å². The van der Waals surface area contributed by atoms with Crippen molar-refractivity contribution in [2.24, 2.45) is 0 Å². The van der Waals surface area contributed by atoms with Crippen LogP contribution in [0.2, 0.25) is 0 Å². The molecule has 0 aliphatic carbocycles. The number of nitrogens with zero attached hydrogens (tertiary/aromatic N) is 1. The van der Waals surface area contributed by atoms with Gasteiger partial charge in [0.25, 0.3) is 0 Å². The molecule has 0 saturated heterocycles. The number of fused-ring (bicyclic) bond motifs is 1. The first-order valence-corrected chi connectivity index (χ1v) is 8.02. The van der Waals surface area contributed by atoms with E-state index >= 15 is 0 Å². The van der Waals surface area contributed by atoms with E-state index in [0.717, 1.165) is 11.4 Å². The number of nitrogens with one attached hydrogen (secondary N) is 2. The molecule has 0 aliphatic rings. The van der Waals surface area contributed by atoms with Gasteiger partial charge in [0.1, 0.15) is 5.82 Å². The number of rotatable bonds is 3. The van der Waals surface area contributed by atoms with E-state index < -0.39 is 0 Å². The third-order valence-corrected chi connectivity index (χ3v) is 4.01. The van der Waals surface area contributed by atoms with Crippen LogP contribution < -0.4 is 10.6 Å². The van der Waals surface area contributed by atoms with E-state index in [2.05, 4.69) is 65.0 Å². The van der Waals surface area contributed by atoms with Crippen molar-refractivity contribution in [1.82, 2.24) is 10.3 Å². The van der Waals surface area contributed by atoms with Gasteiger partial charge in [-0.25, -0.2) is 4.98 Å². The Morgan fingerprint density at radius 1 is 1.04 bits per heavy atom. The normalized spacial score (nSPS) is 11.9. The molecule has 0 aliphatic heterocycles. The lowest BCUT2D eigenvalue weighted by Gasteiger charge is -2.19. The molecule has 0 bridgehead atoms. The largest absolute Gasteiger partial charge is 0.356 e. The third-order valence-electron chi connectivity index (χ3n) is 3.79. The van der Waals surface area contributed by atoms with Crippen molar-refractivity contribution in [3.63, 3.8) is 0 Å². The van der Waals surface area contributed by atoms with E-state index in [1.165, 1.54) is 16.3 Å². The standard InChI is InChI=1S/C19H19N3S/c1-13-10-11-18(20-12-13)22-19(23)21-14(2)16-9-5-7-15-6-3-4-8-17(15)16/h3-12,14H,1-2H3,(H2,20,21,22,23)/t14-/m1/s1. The maximum atomic E-state index is 5.41. The summed E-state index contributed by atoms with van der Waals surface area (Å²) in [7, 11) is 0. The Balaban J connectivity index is 1.74. The summed E-state index contributed by atoms with van der Waals surface area (Å²) < 4.78 is 0. The minimum Gasteiger partial charge on any atom is -0.356 e. The Morgan fingerprint density at radius 3 is 2.61 bits per heavy atom. The molecule has 1 heterocycles. The molecule has 2 aromatic carbocycles. The molecule has 0 radical (unpaired) electrons. The summed E-state index contributed by atoms with van der Waals surface area (Å²) in [5.41, 5.74) is 2.35. The van der Waals surface area contributed by atoms with Gasteiger partial charge < -0.3 is 10.6 Å². The summed E-state index contributed by atoms with van der Waals surface area (Å²) in [6, 6.07) is 18.7. The van der Waals surface area contributed by atoms with Crippen LogP contribution >= 0.6 is 12.2 Å². The molecule has 3 rings (SSSR count). The molecule has 23 heavy (non-hydrogen) atoms. The second-order valence-corrected chi connectivity index (χ2v) is 6.02. The van der Waals surface area contributed by atoms with Crippen LogP contribution in [0.5, 0.6) is 0 Å². The number of anilines is 1. The van der Waals surface area contributed by atoms with Crippen LogP contribution in [0.3, 0.4) is 0 Å². The van der Waals surface area contributed by atoms with Crippen LogP contribution in [0.15, 0.2) is 60.8 Å². The van der Waals surface area contributed by atoms with E-state index in [9.17, 15) is 0 Å². The molecular formula is C19H19N3S. The monoisotopic (exact) mass is 321 g/mol. The number of aryl methyl sites for hydroxylation is 1. The van der Waals surface area contributed by atoms with Crippen LogP contribution in [0.1, 0.15) is 24.1 Å². The SMILES string of the molecule is Cc1ccc(NC(=S)N[C@H](C)c2cccc3ccccc23)nc1. The Kier molecular flexibility index (Phi) is 4.53. The number of thiocarbonyl (C=S) groups is 1. The highest BCUT2D eigenvalue weighted by molar-refractivity contribution is 7.80. The van der Waals surface area contributed by atoms with Crippen LogP contribution in [0.25, 0.3) is 10.8 Å². The minimum absolute atomic E-state index is 0.103. The molecule has 0 amide bonds. The molecule has 2 N–H and O–H groups in total. The molecule has 0 saturated carbocycles. The topological polar surface area (TPSA) is 37.0 Å². The van der Waals surface area contributed by atoms with E-state index in [1.54, 1.807) is 0 Å². The fraction of sp³-hybridized carbons (Fsp3) is 0.158. The van der Waals surface area contributed by atoms with E-state index in [4.69, 9.17) is 12.2 Å². The van der Waals surface area contributed by atoms with Gasteiger partial charge in [0, 0.05) is 6.20 Å². The third kappa shape index (κ3) is 3.66. The van der Waals surface area contributed by atoms with E-state index in [0.29, 0.717) is 5.11 Å². The highest BCUT2D eigenvalue weighted by Gasteiger charge is 2.10.